The fourth-order valence-electron chi connectivity index (χ4n) is 2.05. The van der Waals surface area contributed by atoms with Gasteiger partial charge in [0, 0.05) is 24.1 Å². The van der Waals surface area contributed by atoms with Crippen LogP contribution >= 0.6 is 0 Å². The van der Waals surface area contributed by atoms with E-state index in [-0.39, 0.29) is 5.91 Å². The maximum Gasteiger partial charge on any atom is 0.274 e. The second-order valence-corrected chi connectivity index (χ2v) is 4.94. The topological polar surface area (TPSA) is 88.8 Å². The van der Waals surface area contributed by atoms with Crippen LogP contribution < -0.4 is 10.1 Å². The minimum absolute atomic E-state index is 0.300. The number of hydrogen-bond donors (Lipinski definition) is 1. The second-order valence-electron chi connectivity index (χ2n) is 4.94. The van der Waals surface area contributed by atoms with E-state index in [1.807, 2.05) is 6.07 Å². The smallest absolute Gasteiger partial charge is 0.274 e. The first-order chi connectivity index (χ1) is 12.3. The summed E-state index contributed by atoms with van der Waals surface area (Å²) < 4.78 is 5.32. The monoisotopic (exact) mass is 333 g/mol. The maximum atomic E-state index is 12.1. The van der Waals surface area contributed by atoms with E-state index in [0.717, 1.165) is 0 Å². The lowest BCUT2D eigenvalue weighted by molar-refractivity contribution is 0.102. The zero-order chi connectivity index (χ0) is 17.5. The summed E-state index contributed by atoms with van der Waals surface area (Å²) in [7, 11) is 1.53. The van der Waals surface area contributed by atoms with Gasteiger partial charge in [0.25, 0.3) is 5.91 Å². The van der Waals surface area contributed by atoms with Gasteiger partial charge in [-0.1, -0.05) is 12.1 Å². The van der Waals surface area contributed by atoms with Gasteiger partial charge in [-0.05, 0) is 36.4 Å². The number of carbonyl (C=O) groups is 1. The van der Waals surface area contributed by atoms with E-state index in [1.54, 1.807) is 60.9 Å². The first kappa shape index (κ1) is 16.3. The number of amides is 1. The molecule has 25 heavy (non-hydrogen) atoms. The van der Waals surface area contributed by atoms with Crippen LogP contribution in [0.1, 0.15) is 10.5 Å². The van der Waals surface area contributed by atoms with E-state index in [4.69, 9.17) is 4.74 Å². The molecule has 0 bridgehead atoms. The van der Waals surface area contributed by atoms with Crippen LogP contribution in [-0.2, 0) is 0 Å². The Morgan fingerprint density at radius 2 is 1.80 bits per heavy atom. The molecule has 1 N–H and O–H groups in total. The summed E-state index contributed by atoms with van der Waals surface area (Å²) in [6, 6.07) is 15.6. The van der Waals surface area contributed by atoms with Crippen molar-refractivity contribution >= 4 is 23.1 Å². The Labute approximate surface area is 144 Å². The molecule has 0 unspecified atom stereocenters. The molecule has 0 spiro atoms. The van der Waals surface area contributed by atoms with Crippen molar-refractivity contribution in [1.82, 2.24) is 9.97 Å². The third-order valence-electron chi connectivity index (χ3n) is 3.24. The number of carbonyl (C=O) groups excluding carboxylic acids is 1. The Kier molecular flexibility index (Phi) is 5.06. The van der Waals surface area contributed by atoms with Gasteiger partial charge in [0.15, 0.2) is 5.82 Å². The van der Waals surface area contributed by atoms with Crippen molar-refractivity contribution in [2.75, 3.05) is 12.4 Å². The van der Waals surface area contributed by atoms with Crippen molar-refractivity contribution < 1.29 is 9.53 Å². The molecule has 1 aromatic carbocycles. The summed E-state index contributed by atoms with van der Waals surface area (Å²) in [6.07, 6.45) is 3.21. The number of benzene rings is 1. The highest BCUT2D eigenvalue weighted by Gasteiger charge is 2.09. The standard InChI is InChI=1S/C18H15N5O2/c1-25-16-12-13(21-18(24)15-6-2-4-10-19-15)8-9-14(16)22-23-17-7-3-5-11-20-17/h2-12H,1H3,(H,21,24)/b23-22+. The number of nitrogens with one attached hydrogen (secondary N) is 1. The highest BCUT2D eigenvalue weighted by Crippen LogP contribution is 2.31. The lowest BCUT2D eigenvalue weighted by Crippen LogP contribution is -2.13. The SMILES string of the molecule is COc1cc(NC(=O)c2ccccn2)ccc1/N=N/c1ccccn1. The predicted molar refractivity (Wildman–Crippen MR) is 93.6 cm³/mol. The maximum absolute atomic E-state index is 12.1. The molecule has 2 heterocycles. The van der Waals surface area contributed by atoms with Crippen LogP contribution in [0, 0.1) is 0 Å². The molecule has 2 aromatic heterocycles. The normalized spacial score (nSPS) is 10.6. The Balaban J connectivity index is 1.78. The van der Waals surface area contributed by atoms with E-state index in [0.29, 0.717) is 28.6 Å². The van der Waals surface area contributed by atoms with E-state index in [2.05, 4.69) is 25.5 Å². The first-order valence-corrected chi connectivity index (χ1v) is 7.49. The van der Waals surface area contributed by atoms with Crippen LogP contribution in [0.25, 0.3) is 0 Å². The van der Waals surface area contributed by atoms with E-state index in [9.17, 15) is 4.79 Å². The van der Waals surface area contributed by atoms with Crippen molar-refractivity contribution in [2.45, 2.75) is 0 Å². The molecule has 0 aliphatic carbocycles. The molecular weight excluding hydrogens is 318 g/mol. The van der Waals surface area contributed by atoms with Gasteiger partial charge in [-0.2, -0.15) is 0 Å². The molecule has 3 rings (SSSR count). The average Bonchev–Trinajstić information content (AvgIpc) is 2.68. The molecule has 124 valence electrons. The number of anilines is 1. The number of rotatable bonds is 5. The molecule has 0 fully saturated rings. The van der Waals surface area contributed by atoms with Gasteiger partial charge >= 0.3 is 0 Å². The van der Waals surface area contributed by atoms with Crippen LogP contribution in [0.15, 0.2) is 77.2 Å². The highest BCUT2D eigenvalue weighted by atomic mass is 16.5. The van der Waals surface area contributed by atoms with Crippen molar-refractivity contribution in [2.24, 2.45) is 10.2 Å². The van der Waals surface area contributed by atoms with Crippen LogP contribution in [0.2, 0.25) is 0 Å². The van der Waals surface area contributed by atoms with Crippen molar-refractivity contribution in [3.8, 4) is 5.75 Å². The van der Waals surface area contributed by atoms with Gasteiger partial charge in [0.2, 0.25) is 0 Å². The molecule has 7 nitrogen and oxygen atoms in total. The molecule has 0 radical (unpaired) electrons. The summed E-state index contributed by atoms with van der Waals surface area (Å²) in [4.78, 5) is 20.2. The summed E-state index contributed by atoms with van der Waals surface area (Å²) >= 11 is 0. The van der Waals surface area contributed by atoms with E-state index in [1.165, 1.54) is 7.11 Å². The summed E-state index contributed by atoms with van der Waals surface area (Å²) in [6.45, 7) is 0. The van der Waals surface area contributed by atoms with Gasteiger partial charge in [-0.15, -0.1) is 10.2 Å². The second kappa shape index (κ2) is 7.78. The van der Waals surface area contributed by atoms with Gasteiger partial charge in [0.1, 0.15) is 17.1 Å². The summed E-state index contributed by atoms with van der Waals surface area (Å²) in [5.41, 5.74) is 1.44. The largest absolute Gasteiger partial charge is 0.494 e. The Morgan fingerprint density at radius 1 is 1.00 bits per heavy atom. The average molecular weight is 333 g/mol. The Bertz CT molecular complexity index is 882. The van der Waals surface area contributed by atoms with Gasteiger partial charge < -0.3 is 10.1 Å². The predicted octanol–water partition coefficient (Wildman–Crippen LogP) is 4.15. The van der Waals surface area contributed by atoms with Crippen LogP contribution in [0.5, 0.6) is 5.75 Å². The fraction of sp³-hybridized carbons (Fsp3) is 0.0556. The van der Waals surface area contributed by atoms with Gasteiger partial charge in [0.05, 0.1) is 7.11 Å². The fourth-order valence-corrected chi connectivity index (χ4v) is 2.05. The molecule has 0 saturated heterocycles. The molecule has 0 aliphatic heterocycles. The van der Waals surface area contributed by atoms with Gasteiger partial charge in [-0.3, -0.25) is 9.78 Å². The van der Waals surface area contributed by atoms with Crippen LogP contribution in [-0.4, -0.2) is 23.0 Å². The molecule has 7 heteroatoms. The summed E-state index contributed by atoms with van der Waals surface area (Å²) in [5.74, 6) is 0.682. The van der Waals surface area contributed by atoms with E-state index >= 15 is 0 Å². The first-order valence-electron chi connectivity index (χ1n) is 7.49. The van der Waals surface area contributed by atoms with Crippen molar-refractivity contribution in [3.63, 3.8) is 0 Å². The minimum atomic E-state index is -0.300. The zero-order valence-electron chi connectivity index (χ0n) is 13.5. The minimum Gasteiger partial charge on any atom is -0.494 e. The number of hydrogen-bond acceptors (Lipinski definition) is 6. The zero-order valence-corrected chi connectivity index (χ0v) is 13.5. The molecule has 1 amide bonds. The quantitative estimate of drug-likeness (QED) is 0.710. The molecule has 3 aromatic rings. The van der Waals surface area contributed by atoms with Crippen LogP contribution in [0.3, 0.4) is 0 Å². The molecule has 0 atom stereocenters. The van der Waals surface area contributed by atoms with Gasteiger partial charge in [-0.25, -0.2) is 4.98 Å². The molecular formula is C18H15N5O2. The summed E-state index contributed by atoms with van der Waals surface area (Å²) in [5, 5.41) is 11.0. The third-order valence-corrected chi connectivity index (χ3v) is 3.24. The number of nitrogens with zero attached hydrogens (tertiary/aromatic N) is 4. The Hall–Kier alpha value is -3.61. The Morgan fingerprint density at radius 3 is 2.48 bits per heavy atom. The number of ether oxygens (including phenoxy) is 1. The lowest BCUT2D eigenvalue weighted by atomic mass is 10.2. The highest BCUT2D eigenvalue weighted by molar-refractivity contribution is 6.03. The number of azo groups is 1. The number of methoxy groups -OCH3 is 1. The third kappa shape index (κ3) is 4.23. The number of aromatic nitrogens is 2. The number of pyridine rings is 2. The van der Waals surface area contributed by atoms with E-state index < -0.39 is 0 Å². The van der Waals surface area contributed by atoms with Crippen LogP contribution in [0.4, 0.5) is 17.2 Å². The van der Waals surface area contributed by atoms with Crippen molar-refractivity contribution in [3.05, 3.63) is 72.7 Å². The van der Waals surface area contributed by atoms with Crippen molar-refractivity contribution in [1.29, 1.82) is 0 Å². The molecule has 0 aliphatic rings. The molecule has 0 saturated carbocycles. The lowest BCUT2D eigenvalue weighted by Gasteiger charge is -2.08.